The molecule has 0 aliphatic heterocycles. The molecular weight excluding hydrogens is 216 g/mol. The minimum Gasteiger partial charge on any atom is -0.294 e. The Kier molecular flexibility index (Phi) is 3.47. The molecule has 2 rings (SSSR count). The van der Waals surface area contributed by atoms with Gasteiger partial charge >= 0.3 is 0 Å². The van der Waals surface area contributed by atoms with E-state index >= 15 is 0 Å². The van der Waals surface area contributed by atoms with E-state index in [0.717, 1.165) is 31.4 Å². The lowest BCUT2D eigenvalue weighted by atomic mass is 9.85. The molecule has 1 aromatic rings. The topological polar surface area (TPSA) is 72.9 Å². The molecule has 0 spiro atoms. The molecule has 0 radical (unpaired) electrons. The molecule has 1 fully saturated rings. The lowest BCUT2D eigenvalue weighted by Gasteiger charge is -2.28. The highest BCUT2D eigenvalue weighted by Crippen LogP contribution is 2.32. The summed E-state index contributed by atoms with van der Waals surface area (Å²) in [6.07, 6.45) is 3.79. The van der Waals surface area contributed by atoms with Crippen LogP contribution < -0.4 is 11.3 Å². The predicted octanol–water partition coefficient (Wildman–Crippen LogP) is 1.22. The van der Waals surface area contributed by atoms with Crippen LogP contribution in [0.1, 0.15) is 43.1 Å². The van der Waals surface area contributed by atoms with Crippen molar-refractivity contribution in [2.24, 2.45) is 11.8 Å². The van der Waals surface area contributed by atoms with E-state index < -0.39 is 0 Å². The number of hydrogen-bond acceptors (Lipinski definition) is 3. The summed E-state index contributed by atoms with van der Waals surface area (Å²) in [7, 11) is 0. The number of amides is 1. The molecule has 94 valence electrons. The number of nitrogens with zero attached hydrogens (tertiary/aromatic N) is 2. The summed E-state index contributed by atoms with van der Waals surface area (Å²) < 4.78 is 2.10. The fourth-order valence-corrected chi connectivity index (χ4v) is 2.72. The van der Waals surface area contributed by atoms with Gasteiger partial charge in [-0.1, -0.05) is 0 Å². The number of carbonyl (C=O) groups is 1. The van der Waals surface area contributed by atoms with E-state index in [4.69, 9.17) is 5.84 Å². The summed E-state index contributed by atoms with van der Waals surface area (Å²) in [5, 5.41) is 4.52. The van der Waals surface area contributed by atoms with Gasteiger partial charge in [-0.05, 0) is 45.6 Å². The first kappa shape index (κ1) is 12.1. The number of aryl methyl sites for hydroxylation is 2. The first-order valence-electron chi connectivity index (χ1n) is 6.15. The molecule has 0 unspecified atom stereocenters. The molecule has 0 bridgehead atoms. The van der Waals surface area contributed by atoms with Gasteiger partial charge in [0.25, 0.3) is 0 Å². The average molecular weight is 236 g/mol. The molecule has 0 saturated heterocycles. The molecule has 1 saturated carbocycles. The number of rotatable bonds is 2. The van der Waals surface area contributed by atoms with Crippen LogP contribution in [0.15, 0.2) is 6.07 Å². The second-order valence-corrected chi connectivity index (χ2v) is 4.89. The van der Waals surface area contributed by atoms with Gasteiger partial charge in [0.05, 0.1) is 11.7 Å². The highest BCUT2D eigenvalue weighted by atomic mass is 16.2. The Hall–Kier alpha value is -1.36. The Morgan fingerprint density at radius 2 is 2.06 bits per heavy atom. The zero-order valence-electron chi connectivity index (χ0n) is 10.4. The Morgan fingerprint density at radius 3 is 2.53 bits per heavy atom. The zero-order valence-corrected chi connectivity index (χ0v) is 10.4. The Balaban J connectivity index is 2.00. The van der Waals surface area contributed by atoms with E-state index in [-0.39, 0.29) is 11.8 Å². The molecule has 17 heavy (non-hydrogen) atoms. The van der Waals surface area contributed by atoms with Crippen molar-refractivity contribution in [2.45, 2.75) is 45.6 Å². The maximum Gasteiger partial charge on any atom is 0.236 e. The van der Waals surface area contributed by atoms with Gasteiger partial charge in [0, 0.05) is 11.6 Å². The number of hydrazine groups is 1. The smallest absolute Gasteiger partial charge is 0.236 e. The molecular formula is C12H20N4O. The van der Waals surface area contributed by atoms with Crippen LogP contribution in [0.4, 0.5) is 0 Å². The van der Waals surface area contributed by atoms with Crippen molar-refractivity contribution < 1.29 is 4.79 Å². The Bertz CT molecular complexity index is 405. The first-order valence-corrected chi connectivity index (χ1v) is 6.15. The average Bonchev–Trinajstić information content (AvgIpc) is 2.68. The van der Waals surface area contributed by atoms with Gasteiger partial charge in [-0.25, -0.2) is 5.84 Å². The first-order chi connectivity index (χ1) is 8.11. The fraction of sp³-hybridized carbons (Fsp3) is 0.667. The molecule has 5 nitrogen and oxygen atoms in total. The normalized spacial score (nSPS) is 24.6. The molecule has 1 aliphatic carbocycles. The van der Waals surface area contributed by atoms with Crippen molar-refractivity contribution in [1.29, 1.82) is 0 Å². The quantitative estimate of drug-likeness (QED) is 0.460. The van der Waals surface area contributed by atoms with E-state index in [1.807, 2.05) is 6.92 Å². The minimum atomic E-state index is -0.0307. The second-order valence-electron chi connectivity index (χ2n) is 4.89. The van der Waals surface area contributed by atoms with Crippen LogP contribution in [0.5, 0.6) is 0 Å². The van der Waals surface area contributed by atoms with Crippen LogP contribution in [0.25, 0.3) is 0 Å². The van der Waals surface area contributed by atoms with Gasteiger partial charge in [0.1, 0.15) is 0 Å². The van der Waals surface area contributed by atoms with Gasteiger partial charge in [-0.15, -0.1) is 0 Å². The molecule has 0 atom stereocenters. The minimum absolute atomic E-state index is 0.0307. The highest BCUT2D eigenvalue weighted by molar-refractivity contribution is 5.77. The summed E-state index contributed by atoms with van der Waals surface area (Å²) in [4.78, 5) is 11.4. The van der Waals surface area contributed by atoms with Crippen molar-refractivity contribution in [3.8, 4) is 0 Å². The third kappa shape index (κ3) is 2.49. The largest absolute Gasteiger partial charge is 0.294 e. The maximum absolute atomic E-state index is 11.4. The Morgan fingerprint density at radius 1 is 1.41 bits per heavy atom. The standard InChI is InChI=1S/C12H20N4O/c1-8-7-9(2)16(15-8)11-5-3-10(4-6-11)12(17)14-13/h7,10-11H,3-6,13H2,1-2H3,(H,14,17)/t10-,11-. The van der Waals surface area contributed by atoms with Crippen LogP contribution >= 0.6 is 0 Å². The fourth-order valence-electron chi connectivity index (χ4n) is 2.72. The van der Waals surface area contributed by atoms with E-state index in [9.17, 15) is 4.79 Å². The Labute approximate surface area is 101 Å². The van der Waals surface area contributed by atoms with Crippen LogP contribution in [0.3, 0.4) is 0 Å². The number of carbonyl (C=O) groups excluding carboxylic acids is 1. The number of hydrogen-bond donors (Lipinski definition) is 2. The van der Waals surface area contributed by atoms with Crippen molar-refractivity contribution in [3.05, 3.63) is 17.5 Å². The summed E-state index contributed by atoms with van der Waals surface area (Å²) in [5.74, 6) is 5.21. The van der Waals surface area contributed by atoms with Crippen molar-refractivity contribution >= 4 is 5.91 Å². The SMILES string of the molecule is Cc1cc(C)n([C@H]2CC[C@H](C(=O)NN)CC2)n1. The molecule has 5 heteroatoms. The third-order valence-corrected chi connectivity index (χ3v) is 3.60. The third-order valence-electron chi connectivity index (χ3n) is 3.60. The van der Waals surface area contributed by atoms with E-state index in [1.165, 1.54) is 5.69 Å². The summed E-state index contributed by atoms with van der Waals surface area (Å²) >= 11 is 0. The van der Waals surface area contributed by atoms with Crippen molar-refractivity contribution in [1.82, 2.24) is 15.2 Å². The summed E-state index contributed by atoms with van der Waals surface area (Å²) in [6.45, 7) is 4.09. The van der Waals surface area contributed by atoms with Crippen molar-refractivity contribution in [2.75, 3.05) is 0 Å². The highest BCUT2D eigenvalue weighted by Gasteiger charge is 2.27. The lowest BCUT2D eigenvalue weighted by Crippen LogP contribution is -2.37. The van der Waals surface area contributed by atoms with Crippen LogP contribution in [0.2, 0.25) is 0 Å². The molecule has 1 heterocycles. The number of nitrogens with one attached hydrogen (secondary N) is 1. The number of aromatic nitrogens is 2. The predicted molar refractivity (Wildman–Crippen MR) is 65.0 cm³/mol. The van der Waals surface area contributed by atoms with Crippen LogP contribution in [-0.4, -0.2) is 15.7 Å². The van der Waals surface area contributed by atoms with Crippen LogP contribution in [-0.2, 0) is 4.79 Å². The molecule has 1 amide bonds. The van der Waals surface area contributed by atoms with E-state index in [0.29, 0.717) is 6.04 Å². The van der Waals surface area contributed by atoms with Crippen molar-refractivity contribution in [3.63, 3.8) is 0 Å². The monoisotopic (exact) mass is 236 g/mol. The molecule has 1 aliphatic rings. The van der Waals surface area contributed by atoms with Gasteiger partial charge in [0.2, 0.25) is 5.91 Å². The summed E-state index contributed by atoms with van der Waals surface area (Å²) in [6, 6.07) is 2.53. The summed E-state index contributed by atoms with van der Waals surface area (Å²) in [5.41, 5.74) is 4.51. The van der Waals surface area contributed by atoms with Crippen LogP contribution in [0, 0.1) is 19.8 Å². The molecule has 3 N–H and O–H groups in total. The lowest BCUT2D eigenvalue weighted by molar-refractivity contribution is -0.126. The zero-order chi connectivity index (χ0) is 12.4. The van der Waals surface area contributed by atoms with Gasteiger partial charge in [0.15, 0.2) is 0 Å². The molecule has 1 aromatic heterocycles. The maximum atomic E-state index is 11.4. The van der Waals surface area contributed by atoms with Gasteiger partial charge in [-0.3, -0.25) is 14.9 Å². The van der Waals surface area contributed by atoms with Gasteiger partial charge in [-0.2, -0.15) is 5.10 Å². The second kappa shape index (κ2) is 4.87. The van der Waals surface area contributed by atoms with Gasteiger partial charge < -0.3 is 0 Å². The van der Waals surface area contributed by atoms with E-state index in [1.54, 1.807) is 0 Å². The number of nitrogens with two attached hydrogens (primary N) is 1. The van der Waals surface area contributed by atoms with E-state index in [2.05, 4.69) is 28.2 Å². The molecule has 0 aromatic carbocycles.